The molecule has 90 valence electrons. The monoisotopic (exact) mass is 215 g/mol. The zero-order valence-corrected chi connectivity index (χ0v) is 10.5. The van der Waals surface area contributed by atoms with Gasteiger partial charge in [-0.15, -0.1) is 0 Å². The Hall–Kier alpha value is -0.610. The fraction of sp³-hybridized carbons (Fsp3) is 0.909. The van der Waals surface area contributed by atoms with Crippen LogP contribution in [0.3, 0.4) is 0 Å². The Bertz CT molecular complexity index is 167. The maximum absolute atomic E-state index is 11.4. The smallest absolute Gasteiger partial charge is 0.234 e. The first-order valence-electron chi connectivity index (χ1n) is 5.74. The van der Waals surface area contributed by atoms with Gasteiger partial charge in [0.2, 0.25) is 5.91 Å². The first-order valence-corrected chi connectivity index (χ1v) is 5.74. The van der Waals surface area contributed by atoms with Crippen molar-refractivity contribution in [2.24, 2.45) is 0 Å². The van der Waals surface area contributed by atoms with Gasteiger partial charge in [-0.1, -0.05) is 13.8 Å². The van der Waals surface area contributed by atoms with Gasteiger partial charge in [0.15, 0.2) is 0 Å². The lowest BCUT2D eigenvalue weighted by Gasteiger charge is -2.15. The molecular formula is C11H25N3O. The summed E-state index contributed by atoms with van der Waals surface area (Å²) in [4.78, 5) is 13.5. The summed E-state index contributed by atoms with van der Waals surface area (Å²) >= 11 is 0. The van der Waals surface area contributed by atoms with E-state index in [1.807, 2.05) is 14.1 Å². The van der Waals surface area contributed by atoms with Crippen molar-refractivity contribution in [2.75, 3.05) is 33.7 Å². The largest absolute Gasteiger partial charge is 0.352 e. The fourth-order valence-electron chi connectivity index (χ4n) is 1.28. The summed E-state index contributed by atoms with van der Waals surface area (Å²) in [6, 6.07) is 0.327. The van der Waals surface area contributed by atoms with Crippen LogP contribution < -0.4 is 10.6 Å². The van der Waals surface area contributed by atoms with E-state index >= 15 is 0 Å². The third kappa shape index (κ3) is 8.39. The summed E-state index contributed by atoms with van der Waals surface area (Å²) in [5.41, 5.74) is 0. The minimum absolute atomic E-state index is 0.0995. The molecule has 0 aromatic heterocycles. The van der Waals surface area contributed by atoms with E-state index in [0.717, 1.165) is 25.9 Å². The number of amides is 1. The number of nitrogens with zero attached hydrogens (tertiary/aromatic N) is 1. The Balaban J connectivity index is 3.48. The Morgan fingerprint density at radius 3 is 2.33 bits per heavy atom. The van der Waals surface area contributed by atoms with E-state index in [2.05, 4.69) is 29.4 Å². The first-order chi connectivity index (χ1) is 7.10. The molecule has 15 heavy (non-hydrogen) atoms. The van der Waals surface area contributed by atoms with Gasteiger partial charge in [0.05, 0.1) is 6.54 Å². The zero-order chi connectivity index (χ0) is 11.7. The van der Waals surface area contributed by atoms with Crippen molar-refractivity contribution in [2.45, 2.75) is 32.7 Å². The van der Waals surface area contributed by atoms with Crippen LogP contribution in [-0.4, -0.2) is 50.6 Å². The lowest BCUT2D eigenvalue weighted by molar-refractivity contribution is -0.121. The van der Waals surface area contributed by atoms with Crippen molar-refractivity contribution in [3.63, 3.8) is 0 Å². The third-order valence-corrected chi connectivity index (χ3v) is 2.37. The summed E-state index contributed by atoms with van der Waals surface area (Å²) in [7, 11) is 4.04. The van der Waals surface area contributed by atoms with Crippen LogP contribution in [0.25, 0.3) is 0 Å². The molecule has 0 aliphatic heterocycles. The molecule has 4 heteroatoms. The van der Waals surface area contributed by atoms with Crippen LogP contribution in [0.15, 0.2) is 0 Å². The van der Waals surface area contributed by atoms with Crippen LogP contribution in [0.5, 0.6) is 0 Å². The Labute approximate surface area is 93.4 Å². The van der Waals surface area contributed by atoms with Crippen LogP contribution >= 0.6 is 0 Å². The van der Waals surface area contributed by atoms with Crippen molar-refractivity contribution in [3.05, 3.63) is 0 Å². The standard InChI is InChI=1S/C11H25N3O/c1-5-10(6-2)13-11(15)9-12-7-8-14(3)4/h10,12H,5-9H2,1-4H3,(H,13,15). The molecule has 0 radical (unpaired) electrons. The van der Waals surface area contributed by atoms with Gasteiger partial charge in [-0.25, -0.2) is 0 Å². The molecule has 1 amide bonds. The second-order valence-corrected chi connectivity index (χ2v) is 4.06. The highest BCUT2D eigenvalue weighted by Gasteiger charge is 2.06. The molecule has 2 N–H and O–H groups in total. The molecule has 0 aromatic carbocycles. The second kappa shape index (κ2) is 8.68. The first kappa shape index (κ1) is 14.4. The van der Waals surface area contributed by atoms with Crippen molar-refractivity contribution < 1.29 is 4.79 Å². The van der Waals surface area contributed by atoms with Gasteiger partial charge >= 0.3 is 0 Å². The maximum atomic E-state index is 11.4. The molecule has 0 saturated carbocycles. The minimum Gasteiger partial charge on any atom is -0.352 e. The van der Waals surface area contributed by atoms with Crippen LogP contribution in [0, 0.1) is 0 Å². The fourth-order valence-corrected chi connectivity index (χ4v) is 1.28. The van der Waals surface area contributed by atoms with Crippen molar-refractivity contribution in [1.82, 2.24) is 15.5 Å². The molecule has 0 atom stereocenters. The molecule has 0 unspecified atom stereocenters. The van der Waals surface area contributed by atoms with Crippen LogP contribution in [-0.2, 0) is 4.79 Å². The summed E-state index contributed by atoms with van der Waals surface area (Å²) in [6.45, 7) is 6.41. The number of hydrogen-bond donors (Lipinski definition) is 2. The van der Waals surface area contributed by atoms with E-state index in [-0.39, 0.29) is 5.91 Å². The van der Waals surface area contributed by atoms with Crippen molar-refractivity contribution in [1.29, 1.82) is 0 Å². The Morgan fingerprint density at radius 1 is 1.27 bits per heavy atom. The number of hydrogen-bond acceptors (Lipinski definition) is 3. The Morgan fingerprint density at radius 2 is 1.87 bits per heavy atom. The predicted octanol–water partition coefficient (Wildman–Crippen LogP) is 0.442. The summed E-state index contributed by atoms with van der Waals surface area (Å²) < 4.78 is 0. The molecule has 0 heterocycles. The topological polar surface area (TPSA) is 44.4 Å². The van der Waals surface area contributed by atoms with Crippen molar-refractivity contribution >= 4 is 5.91 Å². The van der Waals surface area contributed by atoms with Crippen LogP contribution in [0.1, 0.15) is 26.7 Å². The van der Waals surface area contributed by atoms with E-state index in [1.165, 1.54) is 0 Å². The lowest BCUT2D eigenvalue weighted by atomic mass is 10.2. The van der Waals surface area contributed by atoms with E-state index in [1.54, 1.807) is 0 Å². The number of carbonyl (C=O) groups is 1. The van der Waals surface area contributed by atoms with Crippen molar-refractivity contribution in [3.8, 4) is 0 Å². The predicted molar refractivity (Wildman–Crippen MR) is 63.9 cm³/mol. The summed E-state index contributed by atoms with van der Waals surface area (Å²) in [5, 5.41) is 6.11. The summed E-state index contributed by atoms with van der Waals surface area (Å²) in [5.74, 6) is 0.0995. The molecule has 0 aliphatic carbocycles. The molecule has 4 nitrogen and oxygen atoms in total. The quantitative estimate of drug-likeness (QED) is 0.578. The number of nitrogens with one attached hydrogen (secondary N) is 2. The zero-order valence-electron chi connectivity index (χ0n) is 10.5. The number of carbonyl (C=O) groups excluding carboxylic acids is 1. The molecule has 0 aliphatic rings. The highest BCUT2D eigenvalue weighted by molar-refractivity contribution is 5.78. The van der Waals surface area contributed by atoms with E-state index in [4.69, 9.17) is 0 Å². The lowest BCUT2D eigenvalue weighted by Crippen LogP contribution is -2.41. The van der Waals surface area contributed by atoms with Gasteiger partial charge in [-0.05, 0) is 26.9 Å². The normalized spacial score (nSPS) is 11.1. The number of rotatable bonds is 8. The molecule has 0 saturated heterocycles. The SMILES string of the molecule is CCC(CC)NC(=O)CNCCN(C)C. The van der Waals surface area contributed by atoms with Gasteiger partial charge in [-0.3, -0.25) is 4.79 Å². The highest BCUT2D eigenvalue weighted by Crippen LogP contribution is 1.94. The van der Waals surface area contributed by atoms with Crippen LogP contribution in [0.4, 0.5) is 0 Å². The maximum Gasteiger partial charge on any atom is 0.234 e. The second-order valence-electron chi connectivity index (χ2n) is 4.06. The molecular weight excluding hydrogens is 190 g/mol. The average molecular weight is 215 g/mol. The summed E-state index contributed by atoms with van der Waals surface area (Å²) in [6.07, 6.45) is 2.00. The third-order valence-electron chi connectivity index (χ3n) is 2.37. The van der Waals surface area contributed by atoms with Gasteiger partial charge in [0, 0.05) is 19.1 Å². The van der Waals surface area contributed by atoms with E-state index in [9.17, 15) is 4.79 Å². The highest BCUT2D eigenvalue weighted by atomic mass is 16.1. The average Bonchev–Trinajstić information content (AvgIpc) is 2.20. The minimum atomic E-state index is 0.0995. The molecule has 0 fully saturated rings. The molecule has 0 aromatic rings. The van der Waals surface area contributed by atoms with E-state index in [0.29, 0.717) is 12.6 Å². The Kier molecular flexibility index (Phi) is 8.33. The van der Waals surface area contributed by atoms with Crippen LogP contribution in [0.2, 0.25) is 0 Å². The van der Waals surface area contributed by atoms with Gasteiger partial charge in [0.25, 0.3) is 0 Å². The number of likely N-dealkylation sites (N-methyl/N-ethyl adjacent to an activating group) is 1. The van der Waals surface area contributed by atoms with Gasteiger partial charge < -0.3 is 15.5 Å². The molecule has 0 bridgehead atoms. The van der Waals surface area contributed by atoms with Gasteiger partial charge in [0.1, 0.15) is 0 Å². The van der Waals surface area contributed by atoms with Gasteiger partial charge in [-0.2, -0.15) is 0 Å². The van der Waals surface area contributed by atoms with E-state index < -0.39 is 0 Å². The molecule has 0 rings (SSSR count). The molecule has 0 spiro atoms.